The predicted molar refractivity (Wildman–Crippen MR) is 149 cm³/mol. The third kappa shape index (κ3) is 7.16. The number of phenols is 1. The number of nitrogens with zero attached hydrogens (tertiary/aromatic N) is 1. The molecule has 0 bridgehead atoms. The third-order valence-corrected chi connectivity index (χ3v) is 6.37. The smallest absolute Gasteiger partial charge is 0.337 e. The Kier molecular flexibility index (Phi) is 8.81. The average molecular weight is 565 g/mol. The lowest BCUT2D eigenvalue weighted by molar-refractivity contribution is 0.0947. The van der Waals surface area contributed by atoms with Crippen molar-refractivity contribution in [3.8, 4) is 28.0 Å². The van der Waals surface area contributed by atoms with Crippen molar-refractivity contribution in [2.45, 2.75) is 13.3 Å². The van der Waals surface area contributed by atoms with Gasteiger partial charge >= 0.3 is 5.90 Å². The fourth-order valence-corrected chi connectivity index (χ4v) is 4.22. The molecular formula is C31H26F4N3O3+. The van der Waals surface area contributed by atoms with Gasteiger partial charge in [-0.1, -0.05) is 42.5 Å². The zero-order valence-electron chi connectivity index (χ0n) is 21.8. The van der Waals surface area contributed by atoms with Crippen LogP contribution in [0.25, 0.3) is 22.3 Å². The minimum atomic E-state index is -1.05. The summed E-state index contributed by atoms with van der Waals surface area (Å²) in [5, 5.41) is 29.0. The Morgan fingerprint density at radius 3 is 1.90 bits per heavy atom. The van der Waals surface area contributed by atoms with Crippen LogP contribution in [0.4, 0.5) is 17.6 Å². The van der Waals surface area contributed by atoms with Crippen molar-refractivity contribution in [3.63, 3.8) is 0 Å². The summed E-state index contributed by atoms with van der Waals surface area (Å²) >= 11 is 0. The summed E-state index contributed by atoms with van der Waals surface area (Å²) in [6.45, 7) is 1.36. The van der Waals surface area contributed by atoms with Gasteiger partial charge < -0.3 is 15.5 Å². The van der Waals surface area contributed by atoms with Gasteiger partial charge in [-0.05, 0) is 77.6 Å². The quantitative estimate of drug-likeness (QED) is 0.106. The Morgan fingerprint density at radius 1 is 0.829 bits per heavy atom. The molecule has 0 aliphatic rings. The lowest BCUT2D eigenvalue weighted by Crippen LogP contribution is -2.34. The van der Waals surface area contributed by atoms with Crippen LogP contribution in [-0.4, -0.2) is 34.4 Å². The first kappa shape index (κ1) is 29.0. The van der Waals surface area contributed by atoms with Crippen LogP contribution in [0.15, 0.2) is 83.9 Å². The molecule has 4 aromatic carbocycles. The summed E-state index contributed by atoms with van der Waals surface area (Å²) in [5.74, 6) is -5.82. The van der Waals surface area contributed by atoms with Crippen LogP contribution in [0.2, 0.25) is 0 Å². The van der Waals surface area contributed by atoms with Gasteiger partial charge in [0.05, 0.1) is 5.56 Å². The Balaban J connectivity index is 1.52. The molecule has 5 N–H and O–H groups in total. The number of amides is 1. The minimum Gasteiger partial charge on any atom is -0.582 e. The molecule has 0 heterocycles. The summed E-state index contributed by atoms with van der Waals surface area (Å²) in [6, 6.07) is 18.0. The van der Waals surface area contributed by atoms with E-state index in [1.54, 1.807) is 24.3 Å². The van der Waals surface area contributed by atoms with Crippen LogP contribution in [0.5, 0.6) is 5.75 Å². The number of phenolic OH excluding ortho intramolecular Hbond substituents is 1. The van der Waals surface area contributed by atoms with Crippen LogP contribution in [0.3, 0.4) is 0 Å². The highest BCUT2D eigenvalue weighted by molar-refractivity contribution is 5.98. The van der Waals surface area contributed by atoms with E-state index in [2.05, 4.69) is 10.3 Å². The Hall–Kier alpha value is -4.99. The molecule has 1 unspecified atom stereocenters. The summed E-state index contributed by atoms with van der Waals surface area (Å²) in [7, 11) is 0. The number of halogens is 4. The molecule has 0 aliphatic carbocycles. The van der Waals surface area contributed by atoms with Gasteiger partial charge in [0.2, 0.25) is 0 Å². The molecule has 4 rings (SSSR count). The van der Waals surface area contributed by atoms with Crippen molar-refractivity contribution in [2.24, 2.45) is 10.9 Å². The Bertz CT molecular complexity index is 1640. The van der Waals surface area contributed by atoms with Gasteiger partial charge in [-0.15, -0.1) is 0 Å². The van der Waals surface area contributed by atoms with E-state index in [1.165, 1.54) is 37.3 Å². The van der Waals surface area contributed by atoms with Gasteiger partial charge in [0, 0.05) is 6.54 Å². The van der Waals surface area contributed by atoms with Gasteiger partial charge in [-0.3, -0.25) is 10.2 Å². The molecule has 0 saturated heterocycles. The third-order valence-electron chi connectivity index (χ3n) is 6.37. The van der Waals surface area contributed by atoms with Gasteiger partial charge in [-0.25, -0.2) is 17.6 Å². The molecule has 210 valence electrons. The Labute approximate surface area is 233 Å². The molecular weight excluding hydrogens is 538 g/mol. The highest BCUT2D eigenvalue weighted by Gasteiger charge is 2.24. The fourth-order valence-electron chi connectivity index (χ4n) is 4.22. The normalized spacial score (nSPS) is 12.2. The number of hydrogen-bond donors (Lipinski definition) is 3. The number of aliphatic imine (C=N–C) groups is 1. The van der Waals surface area contributed by atoms with E-state index in [-0.39, 0.29) is 36.0 Å². The maximum atomic E-state index is 13.7. The maximum absolute atomic E-state index is 13.7. The lowest BCUT2D eigenvalue weighted by atomic mass is 9.96. The van der Waals surface area contributed by atoms with Crippen molar-refractivity contribution in [2.75, 3.05) is 6.54 Å². The van der Waals surface area contributed by atoms with E-state index in [0.717, 1.165) is 29.8 Å². The number of nitrogens with one attached hydrogen (secondary N) is 2. The molecule has 0 saturated carbocycles. The number of hydrogen-bond acceptors (Lipinski definition) is 3. The number of carbonyl (C=O) groups is 1. The van der Waals surface area contributed by atoms with Crippen LogP contribution in [0, 0.1) is 34.6 Å². The SMILES string of the molecule is CC(=N)N=C([OH2+])C(CNC(=O)c1cc(-c2ccc(F)c(F)c2)ccc1O)Cc1ccc(-c2ccc(F)c(F)c2)cc1. The van der Waals surface area contributed by atoms with Crippen molar-refractivity contribution in [1.29, 1.82) is 5.41 Å². The van der Waals surface area contributed by atoms with E-state index in [1.807, 2.05) is 0 Å². The molecule has 1 atom stereocenters. The summed E-state index contributed by atoms with van der Waals surface area (Å²) in [4.78, 5) is 16.9. The number of carbonyl (C=O) groups excluding carboxylic acids is 1. The lowest BCUT2D eigenvalue weighted by Gasteiger charge is -2.15. The molecule has 10 heteroatoms. The second-order valence-corrected chi connectivity index (χ2v) is 9.38. The largest absolute Gasteiger partial charge is 0.582 e. The zero-order chi connectivity index (χ0) is 29.7. The van der Waals surface area contributed by atoms with E-state index in [0.29, 0.717) is 22.3 Å². The Morgan fingerprint density at radius 2 is 1.34 bits per heavy atom. The molecule has 0 aromatic heterocycles. The minimum absolute atomic E-state index is 0.0613. The number of amidine groups is 1. The van der Waals surface area contributed by atoms with Crippen molar-refractivity contribution < 1.29 is 32.6 Å². The van der Waals surface area contributed by atoms with Gasteiger partial charge in [0.1, 0.15) is 17.5 Å². The van der Waals surface area contributed by atoms with E-state index >= 15 is 0 Å². The van der Waals surface area contributed by atoms with Gasteiger partial charge in [0.15, 0.2) is 23.3 Å². The predicted octanol–water partition coefficient (Wildman–Crippen LogP) is 5.99. The van der Waals surface area contributed by atoms with Crippen molar-refractivity contribution in [3.05, 3.63) is 113 Å². The van der Waals surface area contributed by atoms with Crippen LogP contribution >= 0.6 is 0 Å². The molecule has 0 fully saturated rings. The number of aromatic hydroxyl groups is 1. The van der Waals surface area contributed by atoms with E-state index < -0.39 is 35.1 Å². The maximum Gasteiger partial charge on any atom is 0.337 e. The standard InChI is InChI=1S/C31H25F4N3O3/c1-17(36)38-30(40)23(12-18-2-4-19(5-3-18)21-6-9-25(32)27(34)14-21)16-37-31(41)24-13-20(8-11-29(24)39)22-7-10-26(33)28(35)15-22/h2-11,13-15,23,39H,12,16H2,1H3,(H,37,41)(H2,36,38,40)/p+1. The van der Waals surface area contributed by atoms with E-state index in [9.17, 15) is 27.5 Å². The highest BCUT2D eigenvalue weighted by Crippen LogP contribution is 2.28. The molecule has 0 spiro atoms. The van der Waals surface area contributed by atoms with Crippen LogP contribution < -0.4 is 5.32 Å². The number of rotatable bonds is 8. The average Bonchev–Trinajstić information content (AvgIpc) is 2.94. The van der Waals surface area contributed by atoms with Gasteiger partial charge in [-0.2, -0.15) is 4.99 Å². The molecule has 4 aromatic rings. The van der Waals surface area contributed by atoms with Crippen molar-refractivity contribution in [1.82, 2.24) is 5.32 Å². The summed E-state index contributed by atoms with van der Waals surface area (Å²) in [6.07, 6.45) is 0.259. The summed E-state index contributed by atoms with van der Waals surface area (Å²) in [5.41, 5.74) is 2.50. The first-order chi connectivity index (χ1) is 19.5. The molecule has 0 aliphatic heterocycles. The second-order valence-electron chi connectivity index (χ2n) is 9.38. The molecule has 0 radical (unpaired) electrons. The molecule has 6 nitrogen and oxygen atoms in total. The zero-order valence-corrected chi connectivity index (χ0v) is 21.8. The fraction of sp³-hybridized carbons (Fsp3) is 0.129. The first-order valence-corrected chi connectivity index (χ1v) is 12.5. The summed E-state index contributed by atoms with van der Waals surface area (Å²) < 4.78 is 54.0. The molecule has 41 heavy (non-hydrogen) atoms. The highest BCUT2D eigenvalue weighted by atomic mass is 19.2. The van der Waals surface area contributed by atoms with E-state index in [4.69, 9.17) is 10.5 Å². The topological polar surface area (TPSA) is 108 Å². The first-order valence-electron chi connectivity index (χ1n) is 12.5. The second kappa shape index (κ2) is 12.5. The number of benzene rings is 4. The monoisotopic (exact) mass is 564 g/mol. The molecule has 1 amide bonds. The van der Waals surface area contributed by atoms with Crippen LogP contribution in [0.1, 0.15) is 22.8 Å². The van der Waals surface area contributed by atoms with Crippen LogP contribution in [-0.2, 0) is 6.42 Å². The van der Waals surface area contributed by atoms with Gasteiger partial charge in [0.25, 0.3) is 5.91 Å². The van der Waals surface area contributed by atoms with Crippen molar-refractivity contribution >= 4 is 17.6 Å².